The second-order valence-electron chi connectivity index (χ2n) is 8.62. The molecule has 8 nitrogen and oxygen atoms in total. The van der Waals surface area contributed by atoms with Crippen molar-refractivity contribution in [2.24, 2.45) is 0 Å². The Morgan fingerprint density at radius 3 is 0.976 bits per heavy atom. The zero-order chi connectivity index (χ0) is 27.7. The first-order chi connectivity index (χ1) is 20.4. The molecule has 0 fully saturated rings. The molecule has 0 bridgehead atoms. The maximum absolute atomic E-state index is 4.51. The fourth-order valence-electron chi connectivity index (χ4n) is 4.17. The minimum absolute atomic E-state index is 0. The van der Waals surface area contributed by atoms with Gasteiger partial charge in [0.2, 0.25) is 0 Å². The molecule has 0 unspecified atom stereocenters. The summed E-state index contributed by atoms with van der Waals surface area (Å²) in [5.74, 6) is 0. The van der Waals surface area contributed by atoms with Crippen molar-refractivity contribution in [1.29, 1.82) is 0 Å². The fraction of sp³-hybridized carbons (Fsp3) is 0. The van der Waals surface area contributed by atoms with Gasteiger partial charge in [-0.2, -0.15) is 0 Å². The fourth-order valence-corrected chi connectivity index (χ4v) is 5.37. The number of pyridine rings is 6. The second-order valence-corrected chi connectivity index (χ2v) is 9.73. The summed E-state index contributed by atoms with van der Waals surface area (Å²) in [7, 11) is 0. The van der Waals surface area contributed by atoms with Gasteiger partial charge in [0.15, 0.2) is 0 Å². The molecule has 0 aliphatic heterocycles. The van der Waals surface area contributed by atoms with Crippen molar-refractivity contribution in [1.82, 2.24) is 37.9 Å². The second kappa shape index (κ2) is 14.3. The van der Waals surface area contributed by atoms with Crippen molar-refractivity contribution in [3.8, 4) is 22.8 Å². The van der Waals surface area contributed by atoms with Crippen LogP contribution in [0.5, 0.6) is 0 Å². The Labute approximate surface area is 261 Å². The molecule has 0 aliphatic carbocycles. The molecule has 0 saturated carbocycles. The Morgan fingerprint density at radius 2 is 0.667 bits per heavy atom. The van der Waals surface area contributed by atoms with Crippen molar-refractivity contribution < 1.29 is 19.5 Å². The Hall–Kier alpha value is -4.62. The predicted octanol–water partition coefficient (Wildman–Crippen LogP) is 6.07. The predicted molar refractivity (Wildman–Crippen MR) is 162 cm³/mol. The van der Waals surface area contributed by atoms with E-state index in [1.165, 1.54) is 0 Å². The van der Waals surface area contributed by atoms with Crippen molar-refractivity contribution >= 4 is 47.8 Å². The summed E-state index contributed by atoms with van der Waals surface area (Å²) < 4.78 is 9.01. The van der Waals surface area contributed by atoms with Crippen LogP contribution in [0.15, 0.2) is 134 Å². The molecule has 1 aromatic carbocycles. The zero-order valence-electron chi connectivity index (χ0n) is 22.0. The molecule has 8 aromatic rings. The van der Waals surface area contributed by atoms with Crippen LogP contribution in [0.25, 0.3) is 55.6 Å². The van der Waals surface area contributed by atoms with Gasteiger partial charge in [-0.3, -0.25) is 19.9 Å². The van der Waals surface area contributed by atoms with Gasteiger partial charge < -0.3 is 0 Å². The molecule has 0 N–H and O–H groups in total. The van der Waals surface area contributed by atoms with Gasteiger partial charge in [-0.15, -0.1) is 0 Å². The molecular weight excluding hydrogens is 676 g/mol. The minimum atomic E-state index is -0.0325. The summed E-state index contributed by atoms with van der Waals surface area (Å²) in [6, 6.07) is 31.1. The van der Waals surface area contributed by atoms with Gasteiger partial charge >= 0.3 is 122 Å². The van der Waals surface area contributed by atoms with Gasteiger partial charge in [-0.1, -0.05) is 24.3 Å². The maximum atomic E-state index is 4.51. The average Bonchev–Trinajstić information content (AvgIpc) is 3.58. The van der Waals surface area contributed by atoms with Gasteiger partial charge in [0.25, 0.3) is 0 Å². The third-order valence-corrected chi connectivity index (χ3v) is 7.13. The molecule has 0 amide bonds. The third kappa shape index (κ3) is 6.64. The topological polar surface area (TPSA) is 103 Å². The Kier molecular flexibility index (Phi) is 9.86. The van der Waals surface area contributed by atoms with Crippen molar-refractivity contribution in [2.75, 3.05) is 0 Å². The molecular formula is C32H22N8RuSe+3. The number of benzene rings is 1. The number of fused-ring (bicyclic) bond motifs is 6. The first-order valence-corrected chi connectivity index (χ1v) is 14.3. The summed E-state index contributed by atoms with van der Waals surface area (Å²) in [6.45, 7) is 0. The van der Waals surface area contributed by atoms with E-state index in [0.29, 0.717) is 0 Å². The van der Waals surface area contributed by atoms with Crippen molar-refractivity contribution in [3.05, 3.63) is 134 Å². The SMILES string of the molecule is [Ru+3].c1ccc(-c2ccccn2)nc1.c1ccc(-c2ccccn2)nc1.c1cnc2c(c1)c1n[se]nc1c1cccnc12. The first-order valence-electron chi connectivity index (χ1n) is 12.8. The molecule has 0 aliphatic rings. The number of rotatable bonds is 2. The van der Waals surface area contributed by atoms with E-state index in [1.54, 1.807) is 37.2 Å². The van der Waals surface area contributed by atoms with E-state index in [-0.39, 0.29) is 34.4 Å². The van der Waals surface area contributed by atoms with Crippen LogP contribution in [0.1, 0.15) is 0 Å². The van der Waals surface area contributed by atoms with Crippen LogP contribution in [0.3, 0.4) is 0 Å². The summed E-state index contributed by atoms with van der Waals surface area (Å²) in [5.41, 5.74) is 7.45. The molecule has 0 atom stereocenters. The van der Waals surface area contributed by atoms with Crippen molar-refractivity contribution in [2.45, 2.75) is 0 Å². The number of aromatic nitrogens is 8. The van der Waals surface area contributed by atoms with E-state index in [0.717, 1.165) is 55.6 Å². The quantitative estimate of drug-likeness (QED) is 0.159. The summed E-state index contributed by atoms with van der Waals surface area (Å²) in [6.07, 6.45) is 10.7. The van der Waals surface area contributed by atoms with E-state index in [4.69, 9.17) is 0 Å². The van der Waals surface area contributed by atoms with Crippen LogP contribution in [0.4, 0.5) is 0 Å². The van der Waals surface area contributed by atoms with Gasteiger partial charge in [0.1, 0.15) is 0 Å². The zero-order valence-corrected chi connectivity index (χ0v) is 25.5. The van der Waals surface area contributed by atoms with Crippen molar-refractivity contribution in [3.63, 3.8) is 0 Å². The van der Waals surface area contributed by atoms with Crippen LogP contribution in [0.2, 0.25) is 0 Å². The third-order valence-electron chi connectivity index (χ3n) is 6.02. The number of hydrogen-bond donors (Lipinski definition) is 0. The molecule has 42 heavy (non-hydrogen) atoms. The number of nitrogens with zero attached hydrogens (tertiary/aromatic N) is 8. The molecule has 1 radical (unpaired) electrons. The van der Waals surface area contributed by atoms with Crippen LogP contribution in [0, 0.1) is 0 Å². The monoisotopic (exact) mass is 700 g/mol. The van der Waals surface area contributed by atoms with Gasteiger partial charge in [0, 0.05) is 24.8 Å². The molecule has 7 aromatic heterocycles. The van der Waals surface area contributed by atoms with Crippen LogP contribution in [-0.4, -0.2) is 52.8 Å². The molecule has 0 saturated heterocycles. The van der Waals surface area contributed by atoms with Gasteiger partial charge in [-0.25, -0.2) is 0 Å². The number of hydrogen-bond acceptors (Lipinski definition) is 8. The summed E-state index contributed by atoms with van der Waals surface area (Å²) in [5, 5.41) is 2.11. The van der Waals surface area contributed by atoms with E-state index in [9.17, 15) is 0 Å². The van der Waals surface area contributed by atoms with E-state index >= 15 is 0 Å². The van der Waals surface area contributed by atoms with Crippen LogP contribution >= 0.6 is 0 Å². The Balaban J connectivity index is 0.000000128. The Morgan fingerprint density at radius 1 is 0.333 bits per heavy atom. The normalized spacial score (nSPS) is 10.2. The summed E-state index contributed by atoms with van der Waals surface area (Å²) >= 11 is -0.0325. The van der Waals surface area contributed by atoms with Gasteiger partial charge in [-0.05, 0) is 48.5 Å². The molecule has 0 spiro atoms. The molecule has 8 rings (SSSR count). The average molecular weight is 699 g/mol. The standard InChI is InChI=1S/C12H6N4Se.2C10H8N2.Ru/c1-3-7-9(13-5-1)10-8(4-2-6-14-10)12-11(7)15-17-16-12;2*1-3-7-11-9(5-1)10-6-2-4-8-12-10;/h1-6H;2*1-8H;/q;;;+3. The first kappa shape index (κ1) is 28.9. The van der Waals surface area contributed by atoms with Crippen LogP contribution in [-0.2, 0) is 19.5 Å². The Bertz CT molecular complexity index is 1770. The van der Waals surface area contributed by atoms with Crippen LogP contribution < -0.4 is 0 Å². The molecule has 7 heterocycles. The molecule has 10 heteroatoms. The van der Waals surface area contributed by atoms with E-state index in [1.807, 2.05) is 97.1 Å². The van der Waals surface area contributed by atoms with E-state index < -0.39 is 0 Å². The molecule has 201 valence electrons. The van der Waals surface area contributed by atoms with E-state index in [2.05, 4.69) is 37.9 Å². The summed E-state index contributed by atoms with van der Waals surface area (Å²) in [4.78, 5) is 25.6. The van der Waals surface area contributed by atoms with Gasteiger partial charge in [0.05, 0.1) is 22.8 Å².